The summed E-state index contributed by atoms with van der Waals surface area (Å²) in [6.07, 6.45) is 6.67. The van der Waals surface area contributed by atoms with Crippen LogP contribution in [0, 0.1) is 0 Å². The van der Waals surface area contributed by atoms with Crippen molar-refractivity contribution in [2.45, 2.75) is 38.1 Å². The summed E-state index contributed by atoms with van der Waals surface area (Å²) in [7, 11) is 4.91. The molecule has 1 saturated carbocycles. The predicted octanol–water partition coefficient (Wildman–Crippen LogP) is 3.46. The first kappa shape index (κ1) is 14.7. The molecule has 0 unspecified atom stereocenters. The van der Waals surface area contributed by atoms with Crippen molar-refractivity contribution in [2.24, 2.45) is 4.99 Å². The van der Waals surface area contributed by atoms with E-state index in [0.717, 1.165) is 18.4 Å². The maximum Gasteiger partial charge on any atom is 0.135 e. The molecule has 20 heavy (non-hydrogen) atoms. The molecule has 0 N–H and O–H groups in total. The SMILES string of the molecule is COc1cc(OC)c(C=NC2(C)CCCC2)c(OC)c1. The van der Waals surface area contributed by atoms with Crippen LogP contribution in [0.25, 0.3) is 0 Å². The Morgan fingerprint density at radius 3 is 2.00 bits per heavy atom. The minimum atomic E-state index is 0.0515. The van der Waals surface area contributed by atoms with Gasteiger partial charge in [-0.15, -0.1) is 0 Å². The summed E-state index contributed by atoms with van der Waals surface area (Å²) in [6, 6.07) is 3.70. The van der Waals surface area contributed by atoms with E-state index in [1.807, 2.05) is 18.3 Å². The van der Waals surface area contributed by atoms with Gasteiger partial charge in [0.2, 0.25) is 0 Å². The quantitative estimate of drug-likeness (QED) is 0.774. The van der Waals surface area contributed by atoms with Crippen molar-refractivity contribution in [1.29, 1.82) is 0 Å². The number of benzene rings is 1. The fourth-order valence-electron chi connectivity index (χ4n) is 2.65. The van der Waals surface area contributed by atoms with Crippen LogP contribution in [0.15, 0.2) is 17.1 Å². The number of nitrogens with zero attached hydrogens (tertiary/aromatic N) is 1. The second-order valence-corrected chi connectivity index (χ2v) is 5.41. The van der Waals surface area contributed by atoms with Gasteiger partial charge in [0.05, 0.1) is 32.4 Å². The molecule has 0 aliphatic heterocycles. The molecule has 0 aromatic heterocycles. The van der Waals surface area contributed by atoms with Crippen LogP contribution in [0.2, 0.25) is 0 Å². The highest BCUT2D eigenvalue weighted by molar-refractivity contribution is 5.88. The van der Waals surface area contributed by atoms with Gasteiger partial charge in [-0.05, 0) is 19.8 Å². The first-order valence-electron chi connectivity index (χ1n) is 6.97. The lowest BCUT2D eigenvalue weighted by Crippen LogP contribution is -2.16. The fraction of sp³-hybridized carbons (Fsp3) is 0.562. The van der Waals surface area contributed by atoms with Crippen molar-refractivity contribution in [1.82, 2.24) is 0 Å². The molecule has 4 nitrogen and oxygen atoms in total. The first-order chi connectivity index (χ1) is 9.61. The summed E-state index contributed by atoms with van der Waals surface area (Å²) < 4.78 is 16.1. The zero-order valence-corrected chi connectivity index (χ0v) is 12.7. The third kappa shape index (κ3) is 3.06. The third-order valence-corrected chi connectivity index (χ3v) is 3.94. The average molecular weight is 277 g/mol. The molecule has 0 spiro atoms. The minimum absolute atomic E-state index is 0.0515. The molecule has 1 aromatic rings. The lowest BCUT2D eigenvalue weighted by atomic mass is 10.0. The molecule has 0 bridgehead atoms. The maximum atomic E-state index is 5.43. The Balaban J connectivity index is 2.36. The van der Waals surface area contributed by atoms with Gasteiger partial charge in [0, 0.05) is 18.3 Å². The van der Waals surface area contributed by atoms with Gasteiger partial charge in [-0.25, -0.2) is 0 Å². The molecule has 1 aliphatic rings. The number of rotatable bonds is 5. The van der Waals surface area contributed by atoms with Gasteiger partial charge in [-0.3, -0.25) is 4.99 Å². The normalized spacial score (nSPS) is 17.4. The van der Waals surface area contributed by atoms with Crippen LogP contribution in [-0.2, 0) is 0 Å². The second-order valence-electron chi connectivity index (χ2n) is 5.41. The molecule has 0 radical (unpaired) electrons. The zero-order valence-electron chi connectivity index (χ0n) is 12.7. The highest BCUT2D eigenvalue weighted by Crippen LogP contribution is 2.35. The molecular formula is C16H23NO3. The van der Waals surface area contributed by atoms with Crippen molar-refractivity contribution in [3.8, 4) is 17.2 Å². The van der Waals surface area contributed by atoms with Crippen molar-refractivity contribution >= 4 is 6.21 Å². The number of hydrogen-bond acceptors (Lipinski definition) is 4. The van der Waals surface area contributed by atoms with Crippen molar-refractivity contribution in [3.63, 3.8) is 0 Å². The van der Waals surface area contributed by atoms with E-state index in [-0.39, 0.29) is 5.54 Å². The number of hydrogen-bond donors (Lipinski definition) is 0. The summed E-state index contributed by atoms with van der Waals surface area (Å²) in [4.78, 5) is 4.77. The van der Waals surface area contributed by atoms with Crippen molar-refractivity contribution in [2.75, 3.05) is 21.3 Å². The van der Waals surface area contributed by atoms with Crippen LogP contribution >= 0.6 is 0 Å². The standard InChI is InChI=1S/C16H23NO3/c1-16(7-5-6-8-16)17-11-13-14(19-3)9-12(18-2)10-15(13)20-4/h9-11H,5-8H2,1-4H3. The lowest BCUT2D eigenvalue weighted by molar-refractivity contribution is 0.374. The lowest BCUT2D eigenvalue weighted by Gasteiger charge is -2.18. The van der Waals surface area contributed by atoms with Gasteiger partial charge in [-0.1, -0.05) is 12.8 Å². The number of methoxy groups -OCH3 is 3. The fourth-order valence-corrected chi connectivity index (χ4v) is 2.65. The number of aliphatic imine (C=N–C) groups is 1. The molecule has 0 atom stereocenters. The molecule has 0 heterocycles. The Kier molecular flexibility index (Phi) is 4.53. The maximum absolute atomic E-state index is 5.43. The van der Waals surface area contributed by atoms with E-state index in [2.05, 4.69) is 6.92 Å². The molecule has 0 saturated heterocycles. The Morgan fingerprint density at radius 1 is 1.00 bits per heavy atom. The van der Waals surface area contributed by atoms with Crippen LogP contribution in [0.5, 0.6) is 17.2 Å². The third-order valence-electron chi connectivity index (χ3n) is 3.94. The Labute approximate surface area is 120 Å². The van der Waals surface area contributed by atoms with Crippen molar-refractivity contribution < 1.29 is 14.2 Å². The van der Waals surface area contributed by atoms with Gasteiger partial charge < -0.3 is 14.2 Å². The molecule has 2 rings (SSSR count). The highest BCUT2D eigenvalue weighted by atomic mass is 16.5. The first-order valence-corrected chi connectivity index (χ1v) is 6.97. The van der Waals surface area contributed by atoms with Gasteiger partial charge in [0.25, 0.3) is 0 Å². The van der Waals surface area contributed by atoms with Crippen LogP contribution in [0.4, 0.5) is 0 Å². The van der Waals surface area contributed by atoms with E-state index in [9.17, 15) is 0 Å². The minimum Gasteiger partial charge on any atom is -0.496 e. The van der Waals surface area contributed by atoms with Crippen molar-refractivity contribution in [3.05, 3.63) is 17.7 Å². The Hall–Kier alpha value is -1.71. The molecule has 0 amide bonds. The molecule has 110 valence electrons. The summed E-state index contributed by atoms with van der Waals surface area (Å²) in [6.45, 7) is 2.21. The van der Waals surface area contributed by atoms with Gasteiger partial charge >= 0.3 is 0 Å². The van der Waals surface area contributed by atoms with Crippen LogP contribution < -0.4 is 14.2 Å². The van der Waals surface area contributed by atoms with E-state index in [1.165, 1.54) is 12.8 Å². The summed E-state index contributed by atoms with van der Waals surface area (Å²) in [5, 5.41) is 0. The predicted molar refractivity (Wildman–Crippen MR) is 80.6 cm³/mol. The van der Waals surface area contributed by atoms with E-state index in [4.69, 9.17) is 19.2 Å². The zero-order chi connectivity index (χ0) is 14.6. The number of ether oxygens (including phenoxy) is 3. The molecule has 1 aromatic carbocycles. The summed E-state index contributed by atoms with van der Waals surface area (Å²) in [5.41, 5.74) is 0.916. The highest BCUT2D eigenvalue weighted by Gasteiger charge is 2.27. The topological polar surface area (TPSA) is 40.0 Å². The van der Waals surface area contributed by atoms with Gasteiger partial charge in [0.1, 0.15) is 17.2 Å². The second kappa shape index (κ2) is 6.16. The van der Waals surface area contributed by atoms with Gasteiger partial charge in [0.15, 0.2) is 0 Å². The molecular weight excluding hydrogens is 254 g/mol. The van der Waals surface area contributed by atoms with E-state index >= 15 is 0 Å². The van der Waals surface area contributed by atoms with Crippen LogP contribution in [0.3, 0.4) is 0 Å². The Bertz CT molecular complexity index is 465. The smallest absolute Gasteiger partial charge is 0.135 e. The molecule has 4 heteroatoms. The van der Waals surface area contributed by atoms with E-state index in [0.29, 0.717) is 17.2 Å². The summed E-state index contributed by atoms with van der Waals surface area (Å²) >= 11 is 0. The Morgan fingerprint density at radius 2 is 1.55 bits per heavy atom. The van der Waals surface area contributed by atoms with Gasteiger partial charge in [-0.2, -0.15) is 0 Å². The molecule has 1 aliphatic carbocycles. The monoisotopic (exact) mass is 277 g/mol. The van der Waals surface area contributed by atoms with E-state index < -0.39 is 0 Å². The van der Waals surface area contributed by atoms with E-state index in [1.54, 1.807) is 21.3 Å². The average Bonchev–Trinajstić information content (AvgIpc) is 2.91. The van der Waals surface area contributed by atoms with Crippen LogP contribution in [-0.4, -0.2) is 33.1 Å². The largest absolute Gasteiger partial charge is 0.496 e. The van der Waals surface area contributed by atoms with Crippen LogP contribution in [0.1, 0.15) is 38.2 Å². The molecule has 1 fully saturated rings. The summed E-state index contributed by atoms with van der Waals surface area (Å²) in [5.74, 6) is 2.14.